The summed E-state index contributed by atoms with van der Waals surface area (Å²) in [5.41, 5.74) is -0.483. The largest absolute Gasteiger partial charge is 0.447 e. The summed E-state index contributed by atoms with van der Waals surface area (Å²) in [5.74, 6) is 0. The lowest BCUT2D eigenvalue weighted by atomic mass is 9.64. The standard InChI is InChI=1S/C10H22B2O4/c1-9(2,5-13)7-15-11-12-16-8-10(3,4)6-14/h13-14H,5-8H2,1-4H3. The van der Waals surface area contributed by atoms with E-state index in [-0.39, 0.29) is 24.0 Å². The first-order valence-corrected chi connectivity index (χ1v) is 5.43. The van der Waals surface area contributed by atoms with Crippen molar-refractivity contribution in [1.29, 1.82) is 0 Å². The van der Waals surface area contributed by atoms with Gasteiger partial charge in [0.2, 0.25) is 0 Å². The van der Waals surface area contributed by atoms with Gasteiger partial charge in [0.15, 0.2) is 0 Å². The zero-order chi connectivity index (χ0) is 12.7. The summed E-state index contributed by atoms with van der Waals surface area (Å²) in [6.45, 7) is 8.69. The van der Waals surface area contributed by atoms with Crippen LogP contribution >= 0.6 is 0 Å². The Morgan fingerprint density at radius 1 is 0.812 bits per heavy atom. The minimum absolute atomic E-state index is 0.0826. The highest BCUT2D eigenvalue weighted by atomic mass is 16.5. The normalized spacial score (nSPS) is 12.6. The van der Waals surface area contributed by atoms with Crippen LogP contribution in [0.15, 0.2) is 0 Å². The second-order valence-electron chi connectivity index (χ2n) is 5.54. The summed E-state index contributed by atoms with van der Waals surface area (Å²) in [6, 6.07) is 0. The maximum absolute atomic E-state index is 8.97. The number of aliphatic hydroxyl groups excluding tert-OH is 2. The van der Waals surface area contributed by atoms with Crippen LogP contribution in [0.5, 0.6) is 0 Å². The molecule has 0 saturated heterocycles. The van der Waals surface area contributed by atoms with Gasteiger partial charge in [0, 0.05) is 24.0 Å². The van der Waals surface area contributed by atoms with Crippen molar-refractivity contribution in [3.8, 4) is 0 Å². The molecule has 6 heteroatoms. The zero-order valence-corrected chi connectivity index (χ0v) is 10.7. The van der Waals surface area contributed by atoms with Crippen molar-refractivity contribution >= 4 is 14.7 Å². The predicted molar refractivity (Wildman–Crippen MR) is 65.1 cm³/mol. The topological polar surface area (TPSA) is 58.9 Å². The fourth-order valence-electron chi connectivity index (χ4n) is 0.717. The molecule has 0 aliphatic heterocycles. The molecular formula is C10H22B2O4. The third kappa shape index (κ3) is 8.16. The van der Waals surface area contributed by atoms with Crippen molar-refractivity contribution in [3.05, 3.63) is 0 Å². The van der Waals surface area contributed by atoms with Crippen molar-refractivity contribution in [3.63, 3.8) is 0 Å². The SMILES string of the molecule is CC(C)(CO)CO[B][B]OCC(C)(C)CO. The number of hydrogen-bond donors (Lipinski definition) is 2. The van der Waals surface area contributed by atoms with E-state index in [1.54, 1.807) is 0 Å². The Hall–Kier alpha value is -0.0301. The fraction of sp³-hybridized carbons (Fsp3) is 1.00. The molecule has 0 amide bonds. The zero-order valence-electron chi connectivity index (χ0n) is 10.7. The molecule has 0 aromatic heterocycles. The van der Waals surface area contributed by atoms with Crippen LogP contribution in [0.1, 0.15) is 27.7 Å². The average Bonchev–Trinajstić information content (AvgIpc) is 2.23. The summed E-state index contributed by atoms with van der Waals surface area (Å²) in [7, 11) is 2.93. The van der Waals surface area contributed by atoms with Crippen LogP contribution < -0.4 is 0 Å². The van der Waals surface area contributed by atoms with Gasteiger partial charge in [-0.1, -0.05) is 27.7 Å². The molecule has 4 nitrogen and oxygen atoms in total. The second-order valence-corrected chi connectivity index (χ2v) is 5.54. The van der Waals surface area contributed by atoms with Crippen molar-refractivity contribution < 1.29 is 19.5 Å². The molecule has 0 saturated carbocycles. The Bertz CT molecular complexity index is 166. The van der Waals surface area contributed by atoms with Crippen LogP contribution in [0, 0.1) is 10.8 Å². The van der Waals surface area contributed by atoms with Crippen LogP contribution in [-0.2, 0) is 9.31 Å². The highest BCUT2D eigenvalue weighted by molar-refractivity contribution is 6.93. The first kappa shape index (κ1) is 16.0. The molecular weight excluding hydrogens is 206 g/mol. The van der Waals surface area contributed by atoms with Gasteiger partial charge in [-0.3, -0.25) is 0 Å². The third-order valence-electron chi connectivity index (χ3n) is 2.05. The summed E-state index contributed by atoms with van der Waals surface area (Å²) in [6.07, 6.45) is 0. The molecule has 0 spiro atoms. The van der Waals surface area contributed by atoms with Gasteiger partial charge in [0.05, 0.1) is 13.2 Å². The van der Waals surface area contributed by atoms with Crippen molar-refractivity contribution in [2.75, 3.05) is 26.4 Å². The first-order chi connectivity index (χ1) is 7.33. The minimum atomic E-state index is -0.241. The molecule has 0 rings (SSSR count). The monoisotopic (exact) mass is 228 g/mol. The molecule has 0 aliphatic carbocycles. The van der Waals surface area contributed by atoms with Crippen molar-refractivity contribution in [1.82, 2.24) is 0 Å². The smallest absolute Gasteiger partial charge is 0.282 e. The maximum Gasteiger partial charge on any atom is 0.282 e. The fourth-order valence-corrected chi connectivity index (χ4v) is 0.717. The molecule has 2 radical (unpaired) electrons. The summed E-state index contributed by atoms with van der Waals surface area (Å²) in [5, 5.41) is 17.9. The maximum atomic E-state index is 8.97. The molecule has 0 fully saturated rings. The summed E-state index contributed by atoms with van der Waals surface area (Å²) < 4.78 is 10.4. The van der Waals surface area contributed by atoms with Gasteiger partial charge < -0.3 is 19.5 Å². The van der Waals surface area contributed by atoms with E-state index in [9.17, 15) is 0 Å². The van der Waals surface area contributed by atoms with Crippen LogP contribution in [0.4, 0.5) is 0 Å². The van der Waals surface area contributed by atoms with Gasteiger partial charge in [-0.05, 0) is 0 Å². The van der Waals surface area contributed by atoms with Gasteiger partial charge in [-0.2, -0.15) is 0 Å². The molecule has 0 bridgehead atoms. The molecule has 16 heavy (non-hydrogen) atoms. The minimum Gasteiger partial charge on any atom is -0.447 e. The Balaban J connectivity index is 3.42. The summed E-state index contributed by atoms with van der Waals surface area (Å²) >= 11 is 0. The lowest BCUT2D eigenvalue weighted by molar-refractivity contribution is 0.0955. The highest BCUT2D eigenvalue weighted by Gasteiger charge is 2.18. The van der Waals surface area contributed by atoms with E-state index in [2.05, 4.69) is 0 Å². The molecule has 0 heterocycles. The van der Waals surface area contributed by atoms with E-state index >= 15 is 0 Å². The van der Waals surface area contributed by atoms with E-state index in [4.69, 9.17) is 19.5 Å². The molecule has 0 aromatic carbocycles. The summed E-state index contributed by atoms with van der Waals surface area (Å²) in [4.78, 5) is 0. The molecule has 0 atom stereocenters. The van der Waals surface area contributed by atoms with Crippen LogP contribution in [0.25, 0.3) is 0 Å². The highest BCUT2D eigenvalue weighted by Crippen LogP contribution is 2.14. The molecule has 92 valence electrons. The van der Waals surface area contributed by atoms with Crippen molar-refractivity contribution in [2.24, 2.45) is 10.8 Å². The molecule has 0 aliphatic rings. The number of rotatable bonds is 9. The average molecular weight is 228 g/mol. The van der Waals surface area contributed by atoms with Gasteiger partial charge in [-0.15, -0.1) is 0 Å². The van der Waals surface area contributed by atoms with Crippen LogP contribution in [-0.4, -0.2) is 51.4 Å². The van der Waals surface area contributed by atoms with Crippen molar-refractivity contribution in [2.45, 2.75) is 27.7 Å². The Kier molecular flexibility index (Phi) is 7.31. The molecule has 2 N–H and O–H groups in total. The van der Waals surface area contributed by atoms with E-state index in [1.807, 2.05) is 27.7 Å². The third-order valence-corrected chi connectivity index (χ3v) is 2.05. The van der Waals surface area contributed by atoms with E-state index < -0.39 is 0 Å². The molecule has 0 unspecified atom stereocenters. The Labute approximate surface area is 99.9 Å². The first-order valence-electron chi connectivity index (χ1n) is 5.43. The van der Waals surface area contributed by atoms with Crippen LogP contribution in [0.2, 0.25) is 0 Å². The van der Waals surface area contributed by atoms with Gasteiger partial charge in [0.25, 0.3) is 14.7 Å². The predicted octanol–water partition coefficient (Wildman–Crippen LogP) is 0.210. The van der Waals surface area contributed by atoms with Crippen LogP contribution in [0.3, 0.4) is 0 Å². The number of hydrogen-bond acceptors (Lipinski definition) is 4. The number of aliphatic hydroxyl groups is 2. The molecule has 0 aromatic rings. The lowest BCUT2D eigenvalue weighted by Crippen LogP contribution is -2.29. The quantitative estimate of drug-likeness (QED) is 0.437. The van der Waals surface area contributed by atoms with E-state index in [0.717, 1.165) is 0 Å². The van der Waals surface area contributed by atoms with Gasteiger partial charge in [0.1, 0.15) is 0 Å². The lowest BCUT2D eigenvalue weighted by Gasteiger charge is -2.22. The van der Waals surface area contributed by atoms with E-state index in [1.165, 1.54) is 14.7 Å². The van der Waals surface area contributed by atoms with Gasteiger partial charge >= 0.3 is 0 Å². The van der Waals surface area contributed by atoms with Gasteiger partial charge in [-0.25, -0.2) is 0 Å². The Morgan fingerprint density at radius 2 is 1.12 bits per heavy atom. The Morgan fingerprint density at radius 3 is 1.38 bits per heavy atom. The second kappa shape index (κ2) is 7.33. The van der Waals surface area contributed by atoms with E-state index in [0.29, 0.717) is 13.2 Å².